The van der Waals surface area contributed by atoms with Crippen LogP contribution < -0.4 is 15.6 Å². The van der Waals surface area contributed by atoms with Gasteiger partial charge in [-0.3, -0.25) is 9.59 Å². The molecule has 6 nitrogen and oxygen atoms in total. The number of aromatic nitrogens is 2. The van der Waals surface area contributed by atoms with Gasteiger partial charge in [-0.2, -0.15) is 18.3 Å². The number of anilines is 1. The van der Waals surface area contributed by atoms with E-state index in [2.05, 4.69) is 10.4 Å². The molecule has 3 rings (SSSR count). The highest BCUT2D eigenvalue weighted by Gasteiger charge is 2.31. The molecule has 0 saturated heterocycles. The highest BCUT2D eigenvalue weighted by atomic mass is 19.4. The van der Waals surface area contributed by atoms with Gasteiger partial charge >= 0.3 is 6.18 Å². The first-order chi connectivity index (χ1) is 14.7. The molecule has 1 aromatic heterocycles. The maximum atomic E-state index is 13.0. The Kier molecular flexibility index (Phi) is 6.43. The molecule has 0 atom stereocenters. The SMILES string of the molecule is CCc1ccc(-c2ccc(=O)n(CC(=O)Nc3cc(C(F)(F)F)ccc3OC)n2)cc1. The van der Waals surface area contributed by atoms with Gasteiger partial charge in [-0.1, -0.05) is 31.2 Å². The number of methoxy groups -OCH3 is 1. The van der Waals surface area contributed by atoms with E-state index in [9.17, 15) is 22.8 Å². The minimum Gasteiger partial charge on any atom is -0.495 e. The summed E-state index contributed by atoms with van der Waals surface area (Å²) in [5, 5.41) is 6.57. The lowest BCUT2D eigenvalue weighted by Gasteiger charge is -2.14. The van der Waals surface area contributed by atoms with Gasteiger partial charge in [-0.15, -0.1) is 0 Å². The summed E-state index contributed by atoms with van der Waals surface area (Å²) >= 11 is 0. The molecule has 0 aliphatic carbocycles. The summed E-state index contributed by atoms with van der Waals surface area (Å²) in [6.45, 7) is 1.56. The number of nitrogens with zero attached hydrogens (tertiary/aromatic N) is 2. The fraction of sp³-hybridized carbons (Fsp3) is 0.227. The second-order valence-corrected chi connectivity index (χ2v) is 6.73. The molecule has 1 amide bonds. The van der Waals surface area contributed by atoms with E-state index >= 15 is 0 Å². The highest BCUT2D eigenvalue weighted by molar-refractivity contribution is 5.92. The largest absolute Gasteiger partial charge is 0.495 e. The van der Waals surface area contributed by atoms with E-state index in [0.29, 0.717) is 5.69 Å². The van der Waals surface area contributed by atoms with Gasteiger partial charge in [0.25, 0.3) is 5.56 Å². The number of alkyl halides is 3. The van der Waals surface area contributed by atoms with Crippen molar-refractivity contribution in [1.29, 1.82) is 0 Å². The second-order valence-electron chi connectivity index (χ2n) is 6.73. The lowest BCUT2D eigenvalue weighted by Crippen LogP contribution is -2.29. The number of hydrogen-bond acceptors (Lipinski definition) is 4. The van der Waals surface area contributed by atoms with Crippen molar-refractivity contribution in [1.82, 2.24) is 9.78 Å². The maximum Gasteiger partial charge on any atom is 0.416 e. The van der Waals surface area contributed by atoms with Gasteiger partial charge < -0.3 is 10.1 Å². The van der Waals surface area contributed by atoms with Gasteiger partial charge in [-0.05, 0) is 36.2 Å². The Balaban J connectivity index is 1.83. The van der Waals surface area contributed by atoms with E-state index in [0.717, 1.165) is 40.4 Å². The zero-order valence-electron chi connectivity index (χ0n) is 16.9. The number of rotatable bonds is 6. The third-order valence-electron chi connectivity index (χ3n) is 4.62. The van der Waals surface area contributed by atoms with E-state index in [-0.39, 0.29) is 11.4 Å². The second kappa shape index (κ2) is 9.03. The van der Waals surface area contributed by atoms with Crippen molar-refractivity contribution in [2.45, 2.75) is 26.1 Å². The summed E-state index contributed by atoms with van der Waals surface area (Å²) in [4.78, 5) is 24.6. The molecule has 9 heteroatoms. The molecule has 0 radical (unpaired) electrons. The van der Waals surface area contributed by atoms with E-state index in [1.165, 1.54) is 13.2 Å². The monoisotopic (exact) mass is 431 g/mol. The Morgan fingerprint density at radius 1 is 1.10 bits per heavy atom. The van der Waals surface area contributed by atoms with Crippen molar-refractivity contribution in [3.63, 3.8) is 0 Å². The molecule has 0 fully saturated rings. The van der Waals surface area contributed by atoms with Crippen LogP contribution in [0.25, 0.3) is 11.3 Å². The Morgan fingerprint density at radius 3 is 2.42 bits per heavy atom. The topological polar surface area (TPSA) is 73.2 Å². The fourth-order valence-electron chi connectivity index (χ4n) is 2.94. The lowest BCUT2D eigenvalue weighted by atomic mass is 10.1. The third kappa shape index (κ3) is 5.30. The number of carbonyl (C=O) groups excluding carboxylic acids is 1. The van der Waals surface area contributed by atoms with Crippen LogP contribution in [0.3, 0.4) is 0 Å². The molecule has 1 N–H and O–H groups in total. The summed E-state index contributed by atoms with van der Waals surface area (Å²) in [7, 11) is 1.28. The predicted octanol–water partition coefficient (Wildman–Crippen LogP) is 4.14. The van der Waals surface area contributed by atoms with Crippen LogP contribution in [0.4, 0.5) is 18.9 Å². The number of halogens is 3. The first kappa shape index (κ1) is 22.1. The van der Waals surface area contributed by atoms with E-state index < -0.39 is 29.8 Å². The van der Waals surface area contributed by atoms with Crippen LogP contribution in [-0.4, -0.2) is 22.8 Å². The van der Waals surface area contributed by atoms with Crippen molar-refractivity contribution in [2.24, 2.45) is 0 Å². The Hall–Kier alpha value is -3.62. The number of carbonyl (C=O) groups is 1. The molecule has 0 bridgehead atoms. The number of aryl methyl sites for hydroxylation is 1. The summed E-state index contributed by atoms with van der Waals surface area (Å²) in [6.07, 6.45) is -3.70. The standard InChI is InChI=1S/C22H20F3N3O3/c1-3-14-4-6-15(7-5-14)17-9-11-21(30)28(27-17)13-20(29)26-18-12-16(22(23,24)25)8-10-19(18)31-2/h4-12H,3,13H2,1-2H3,(H,26,29). The molecule has 0 aliphatic heterocycles. The molecular weight excluding hydrogens is 411 g/mol. The van der Waals surface area contributed by atoms with E-state index in [1.807, 2.05) is 31.2 Å². The molecule has 0 spiro atoms. The average molecular weight is 431 g/mol. The van der Waals surface area contributed by atoms with Crippen molar-refractivity contribution in [3.05, 3.63) is 76.1 Å². The number of hydrogen-bond donors (Lipinski definition) is 1. The minimum atomic E-state index is -4.58. The smallest absolute Gasteiger partial charge is 0.416 e. The van der Waals surface area contributed by atoms with Crippen LogP contribution in [0.1, 0.15) is 18.1 Å². The van der Waals surface area contributed by atoms with Crippen molar-refractivity contribution < 1.29 is 22.7 Å². The van der Waals surface area contributed by atoms with Crippen LogP contribution in [0, 0.1) is 0 Å². The summed E-state index contributed by atoms with van der Waals surface area (Å²) < 4.78 is 44.9. The Labute approximate surface area is 176 Å². The number of nitrogens with one attached hydrogen (secondary N) is 1. The average Bonchev–Trinajstić information content (AvgIpc) is 2.74. The molecule has 3 aromatic rings. The molecule has 0 saturated carbocycles. The fourth-order valence-corrected chi connectivity index (χ4v) is 2.94. The van der Waals surface area contributed by atoms with Crippen molar-refractivity contribution >= 4 is 11.6 Å². The number of ether oxygens (including phenoxy) is 1. The van der Waals surface area contributed by atoms with Gasteiger partial charge in [0.05, 0.1) is 24.1 Å². The van der Waals surface area contributed by atoms with Gasteiger partial charge in [0.1, 0.15) is 12.3 Å². The molecule has 162 valence electrons. The summed E-state index contributed by atoms with van der Waals surface area (Å²) in [5.74, 6) is -0.655. The molecule has 31 heavy (non-hydrogen) atoms. The van der Waals surface area contributed by atoms with E-state index in [4.69, 9.17) is 4.74 Å². The van der Waals surface area contributed by atoms with Crippen molar-refractivity contribution in [3.8, 4) is 17.0 Å². The number of amides is 1. The zero-order chi connectivity index (χ0) is 22.6. The van der Waals surface area contributed by atoms with E-state index in [1.54, 1.807) is 6.07 Å². The first-order valence-corrected chi connectivity index (χ1v) is 9.44. The number of benzene rings is 2. The summed E-state index contributed by atoms with van der Waals surface area (Å²) in [6, 6.07) is 13.2. The lowest BCUT2D eigenvalue weighted by molar-refractivity contribution is -0.137. The quantitative estimate of drug-likeness (QED) is 0.637. The van der Waals surface area contributed by atoms with Crippen LogP contribution in [-0.2, 0) is 23.9 Å². The maximum absolute atomic E-state index is 13.0. The molecule has 2 aromatic carbocycles. The van der Waals surface area contributed by atoms with Crippen LogP contribution in [0.2, 0.25) is 0 Å². The molecule has 1 heterocycles. The molecule has 0 aliphatic rings. The van der Waals surface area contributed by atoms with Gasteiger partial charge in [0.2, 0.25) is 5.91 Å². The van der Waals surface area contributed by atoms with Crippen molar-refractivity contribution in [2.75, 3.05) is 12.4 Å². The van der Waals surface area contributed by atoms with Crippen LogP contribution >= 0.6 is 0 Å². The summed E-state index contributed by atoms with van der Waals surface area (Å²) in [5.41, 5.74) is 0.808. The van der Waals surface area contributed by atoms with Gasteiger partial charge in [0, 0.05) is 11.6 Å². The Morgan fingerprint density at radius 2 is 1.81 bits per heavy atom. The highest BCUT2D eigenvalue weighted by Crippen LogP contribution is 2.34. The predicted molar refractivity (Wildman–Crippen MR) is 110 cm³/mol. The van der Waals surface area contributed by atoms with Gasteiger partial charge in [0.15, 0.2) is 0 Å². The first-order valence-electron chi connectivity index (χ1n) is 9.44. The van der Waals surface area contributed by atoms with Crippen LogP contribution in [0.5, 0.6) is 5.75 Å². The third-order valence-corrected chi connectivity index (χ3v) is 4.62. The van der Waals surface area contributed by atoms with Gasteiger partial charge in [-0.25, -0.2) is 4.68 Å². The molecular formula is C22H20F3N3O3. The van der Waals surface area contributed by atoms with Crippen LogP contribution in [0.15, 0.2) is 59.4 Å². The zero-order valence-corrected chi connectivity index (χ0v) is 16.9. The molecule has 0 unspecified atom stereocenters. The normalized spacial score (nSPS) is 11.3. The minimum absolute atomic E-state index is 0.0615. The Bertz CT molecular complexity index is 1140.